The molecule has 104 valence electrons. The van der Waals surface area contributed by atoms with E-state index in [1.165, 1.54) is 21.9 Å². The van der Waals surface area contributed by atoms with Crippen LogP contribution in [-0.4, -0.2) is 36.9 Å². The van der Waals surface area contributed by atoms with E-state index < -0.39 is 10.8 Å². The Morgan fingerprint density at radius 1 is 1.47 bits per heavy atom. The number of rotatable bonds is 6. The predicted octanol–water partition coefficient (Wildman–Crippen LogP) is 0.894. The quantitative estimate of drug-likeness (QED) is 0.857. The minimum absolute atomic E-state index is 0.164. The number of fused-ring (bicyclic) bond motifs is 1. The molecule has 2 rings (SSSR count). The Morgan fingerprint density at radius 3 is 2.95 bits per heavy atom. The maximum atomic E-state index is 11.8. The van der Waals surface area contributed by atoms with Crippen LogP contribution in [0, 0.1) is 0 Å². The average Bonchev–Trinajstić information content (AvgIpc) is 2.81. The second-order valence-corrected chi connectivity index (χ2v) is 6.72. The topological polar surface area (TPSA) is 76.4 Å². The van der Waals surface area contributed by atoms with Gasteiger partial charge in [0.1, 0.15) is 0 Å². The fourth-order valence-corrected chi connectivity index (χ4v) is 2.99. The van der Waals surface area contributed by atoms with Crippen LogP contribution in [0.2, 0.25) is 0 Å². The van der Waals surface area contributed by atoms with Gasteiger partial charge in [-0.2, -0.15) is 4.52 Å². The Balaban J connectivity index is 2.15. The molecule has 1 atom stereocenters. The molecule has 19 heavy (non-hydrogen) atoms. The van der Waals surface area contributed by atoms with Crippen molar-refractivity contribution in [2.75, 3.05) is 23.4 Å². The Labute approximate surface area is 117 Å². The molecule has 2 aromatic heterocycles. The summed E-state index contributed by atoms with van der Waals surface area (Å²) in [7, 11) is -0.798. The van der Waals surface area contributed by atoms with Crippen molar-refractivity contribution < 1.29 is 4.21 Å². The summed E-state index contributed by atoms with van der Waals surface area (Å²) in [6.45, 7) is 4.43. The second kappa shape index (κ2) is 6.25. The van der Waals surface area contributed by atoms with E-state index in [0.29, 0.717) is 28.1 Å². The second-order valence-electron chi connectivity index (χ2n) is 3.90. The third-order valence-corrected chi connectivity index (χ3v) is 4.76. The van der Waals surface area contributed by atoms with Crippen LogP contribution in [0.5, 0.6) is 0 Å². The molecule has 2 aromatic rings. The monoisotopic (exact) mass is 300 g/mol. The van der Waals surface area contributed by atoms with Crippen LogP contribution in [-0.2, 0) is 17.2 Å². The van der Waals surface area contributed by atoms with Crippen LogP contribution < -0.4 is 10.9 Å². The normalized spacial score (nSPS) is 12.7. The number of nitrogens with one attached hydrogen (secondary N) is 1. The van der Waals surface area contributed by atoms with E-state index >= 15 is 0 Å². The van der Waals surface area contributed by atoms with E-state index in [-0.39, 0.29) is 5.56 Å². The van der Waals surface area contributed by atoms with Crippen LogP contribution >= 0.6 is 11.3 Å². The first kappa shape index (κ1) is 14.1. The molecule has 0 fully saturated rings. The SMILES string of the molecule is CCc1cc(=O)n2nc(NCCS(=O)CC)sc2n1. The lowest BCUT2D eigenvalue weighted by molar-refractivity contribution is 0.684. The van der Waals surface area contributed by atoms with Gasteiger partial charge in [-0.3, -0.25) is 9.00 Å². The number of hydrogen-bond donors (Lipinski definition) is 1. The first-order valence-electron chi connectivity index (χ1n) is 6.12. The van der Waals surface area contributed by atoms with Crippen molar-refractivity contribution in [1.29, 1.82) is 0 Å². The summed E-state index contributed by atoms with van der Waals surface area (Å²) in [5.74, 6) is 1.23. The Hall–Kier alpha value is -1.28. The molecule has 0 saturated carbocycles. The lowest BCUT2D eigenvalue weighted by Crippen LogP contribution is -2.16. The zero-order valence-corrected chi connectivity index (χ0v) is 12.5. The molecule has 8 heteroatoms. The predicted molar refractivity (Wildman–Crippen MR) is 78.6 cm³/mol. The molecule has 0 radical (unpaired) electrons. The van der Waals surface area contributed by atoms with Gasteiger partial charge >= 0.3 is 0 Å². The molecule has 6 nitrogen and oxygen atoms in total. The lowest BCUT2D eigenvalue weighted by Gasteiger charge is -1.99. The summed E-state index contributed by atoms with van der Waals surface area (Å²) in [4.78, 5) is 16.7. The fourth-order valence-electron chi connectivity index (χ4n) is 1.52. The van der Waals surface area contributed by atoms with Gasteiger partial charge in [-0.1, -0.05) is 25.2 Å². The highest BCUT2D eigenvalue weighted by atomic mass is 32.2. The van der Waals surface area contributed by atoms with E-state index in [1.54, 1.807) is 0 Å². The molecule has 0 aliphatic carbocycles. The van der Waals surface area contributed by atoms with Gasteiger partial charge in [0, 0.05) is 40.6 Å². The Bertz CT molecular complexity index is 650. The maximum absolute atomic E-state index is 11.8. The van der Waals surface area contributed by atoms with Crippen molar-refractivity contribution in [3.8, 4) is 0 Å². The smallest absolute Gasteiger partial charge is 0.275 e. The third kappa shape index (κ3) is 3.38. The van der Waals surface area contributed by atoms with E-state index in [9.17, 15) is 9.00 Å². The minimum atomic E-state index is -0.798. The molecule has 0 aliphatic rings. The standard InChI is InChI=1S/C11H16N4O2S2/c1-3-8-7-9(16)15-11(13-8)18-10(14-15)12-5-6-19(17)4-2/h7H,3-6H2,1-2H3,(H,12,14). The van der Waals surface area contributed by atoms with E-state index in [2.05, 4.69) is 15.4 Å². The van der Waals surface area contributed by atoms with Gasteiger partial charge in [-0.05, 0) is 6.42 Å². The van der Waals surface area contributed by atoms with Gasteiger partial charge < -0.3 is 5.32 Å². The molecule has 2 heterocycles. The summed E-state index contributed by atoms with van der Waals surface area (Å²) >= 11 is 1.33. The first-order valence-corrected chi connectivity index (χ1v) is 8.43. The highest BCUT2D eigenvalue weighted by Gasteiger charge is 2.08. The molecule has 0 amide bonds. The number of anilines is 1. The fraction of sp³-hybridized carbons (Fsp3) is 0.545. The summed E-state index contributed by atoms with van der Waals surface area (Å²) in [5, 5.41) is 7.87. The average molecular weight is 300 g/mol. The Kier molecular flexibility index (Phi) is 4.65. The molecular weight excluding hydrogens is 284 g/mol. The molecule has 0 saturated heterocycles. The maximum Gasteiger partial charge on any atom is 0.275 e. The number of nitrogens with zero attached hydrogens (tertiary/aromatic N) is 3. The molecule has 1 N–H and O–H groups in total. The van der Waals surface area contributed by atoms with Crippen LogP contribution in [0.3, 0.4) is 0 Å². The Morgan fingerprint density at radius 2 is 2.26 bits per heavy atom. The molecule has 0 aromatic carbocycles. The number of aryl methyl sites for hydroxylation is 1. The van der Waals surface area contributed by atoms with Gasteiger partial charge in [0.05, 0.1) is 0 Å². The van der Waals surface area contributed by atoms with Gasteiger partial charge in [0.2, 0.25) is 10.1 Å². The molecule has 1 unspecified atom stereocenters. The van der Waals surface area contributed by atoms with Crippen LogP contribution in [0.15, 0.2) is 10.9 Å². The van der Waals surface area contributed by atoms with Crippen molar-refractivity contribution in [2.45, 2.75) is 20.3 Å². The molecule has 0 aliphatic heterocycles. The summed E-state index contributed by atoms with van der Waals surface area (Å²) in [5.41, 5.74) is 0.607. The van der Waals surface area contributed by atoms with Crippen LogP contribution in [0.25, 0.3) is 4.96 Å². The van der Waals surface area contributed by atoms with Crippen molar-refractivity contribution in [2.24, 2.45) is 0 Å². The van der Waals surface area contributed by atoms with Crippen molar-refractivity contribution >= 4 is 32.2 Å². The summed E-state index contributed by atoms with van der Waals surface area (Å²) in [6, 6.07) is 1.50. The van der Waals surface area contributed by atoms with Crippen molar-refractivity contribution in [3.05, 3.63) is 22.1 Å². The highest BCUT2D eigenvalue weighted by molar-refractivity contribution is 7.84. The zero-order chi connectivity index (χ0) is 13.8. The number of hydrogen-bond acceptors (Lipinski definition) is 6. The van der Waals surface area contributed by atoms with E-state index in [4.69, 9.17) is 0 Å². The molecule has 0 bridgehead atoms. The summed E-state index contributed by atoms with van der Waals surface area (Å²) < 4.78 is 12.6. The van der Waals surface area contributed by atoms with E-state index in [0.717, 1.165) is 12.1 Å². The third-order valence-electron chi connectivity index (χ3n) is 2.59. The highest BCUT2D eigenvalue weighted by Crippen LogP contribution is 2.16. The zero-order valence-electron chi connectivity index (χ0n) is 10.9. The minimum Gasteiger partial charge on any atom is -0.359 e. The van der Waals surface area contributed by atoms with Gasteiger partial charge in [0.25, 0.3) is 5.56 Å². The van der Waals surface area contributed by atoms with Crippen LogP contribution in [0.4, 0.5) is 5.13 Å². The van der Waals surface area contributed by atoms with Crippen molar-refractivity contribution in [1.82, 2.24) is 14.6 Å². The molecular formula is C11H16N4O2S2. The largest absolute Gasteiger partial charge is 0.359 e. The van der Waals surface area contributed by atoms with Gasteiger partial charge in [-0.15, -0.1) is 5.10 Å². The van der Waals surface area contributed by atoms with Crippen molar-refractivity contribution in [3.63, 3.8) is 0 Å². The van der Waals surface area contributed by atoms with E-state index in [1.807, 2.05) is 13.8 Å². The van der Waals surface area contributed by atoms with Crippen LogP contribution in [0.1, 0.15) is 19.5 Å². The lowest BCUT2D eigenvalue weighted by atomic mass is 10.3. The number of aromatic nitrogens is 3. The van der Waals surface area contributed by atoms with Gasteiger partial charge in [-0.25, -0.2) is 4.98 Å². The first-order chi connectivity index (χ1) is 9.13. The van der Waals surface area contributed by atoms with Gasteiger partial charge in [0.15, 0.2) is 0 Å². The summed E-state index contributed by atoms with van der Waals surface area (Å²) in [6.07, 6.45) is 0.724. The molecule has 0 spiro atoms.